The van der Waals surface area contributed by atoms with Gasteiger partial charge in [-0.2, -0.15) is 0 Å². The molecule has 3 nitrogen and oxygen atoms in total. The maximum Gasteiger partial charge on any atom is 0.238 e. The first kappa shape index (κ1) is 15.7. The standard InChI is InChI=1S/C17H22N2OS/c1-12-6-5-7-13(10-12)11-21-15-9-8-14(18)16(19-15)20-17(2,3)4/h5-10H,11,18H2,1-4H3. The van der Waals surface area contributed by atoms with Gasteiger partial charge in [-0.1, -0.05) is 29.8 Å². The van der Waals surface area contributed by atoms with Gasteiger partial charge in [0.15, 0.2) is 0 Å². The number of ether oxygens (including phenoxy) is 1. The number of benzene rings is 1. The molecular formula is C17H22N2OS. The van der Waals surface area contributed by atoms with Crippen molar-refractivity contribution in [3.63, 3.8) is 0 Å². The molecule has 0 amide bonds. The van der Waals surface area contributed by atoms with Gasteiger partial charge < -0.3 is 10.5 Å². The van der Waals surface area contributed by atoms with Crippen LogP contribution in [0.5, 0.6) is 5.88 Å². The summed E-state index contributed by atoms with van der Waals surface area (Å²) in [6, 6.07) is 12.3. The summed E-state index contributed by atoms with van der Waals surface area (Å²) in [5, 5.41) is 0.921. The molecule has 0 saturated carbocycles. The molecule has 1 aromatic heterocycles. The van der Waals surface area contributed by atoms with E-state index >= 15 is 0 Å². The molecule has 2 rings (SSSR count). The van der Waals surface area contributed by atoms with E-state index in [1.54, 1.807) is 11.8 Å². The average Bonchev–Trinajstić information content (AvgIpc) is 2.38. The zero-order valence-electron chi connectivity index (χ0n) is 13.0. The van der Waals surface area contributed by atoms with Crippen LogP contribution >= 0.6 is 11.8 Å². The number of nitrogens with two attached hydrogens (primary N) is 1. The van der Waals surface area contributed by atoms with Crippen molar-refractivity contribution in [1.29, 1.82) is 0 Å². The van der Waals surface area contributed by atoms with Crippen LogP contribution in [0.2, 0.25) is 0 Å². The quantitative estimate of drug-likeness (QED) is 0.848. The highest BCUT2D eigenvalue weighted by atomic mass is 32.2. The van der Waals surface area contributed by atoms with E-state index in [0.717, 1.165) is 10.8 Å². The molecule has 0 bridgehead atoms. The van der Waals surface area contributed by atoms with Crippen LogP contribution < -0.4 is 10.5 Å². The van der Waals surface area contributed by atoms with Crippen molar-refractivity contribution in [3.05, 3.63) is 47.5 Å². The number of hydrogen-bond acceptors (Lipinski definition) is 4. The number of aryl methyl sites for hydroxylation is 1. The van der Waals surface area contributed by atoms with Gasteiger partial charge >= 0.3 is 0 Å². The number of hydrogen-bond donors (Lipinski definition) is 1. The van der Waals surface area contributed by atoms with Gasteiger partial charge in [0.2, 0.25) is 5.88 Å². The molecule has 0 radical (unpaired) electrons. The van der Waals surface area contributed by atoms with Crippen molar-refractivity contribution in [2.24, 2.45) is 0 Å². The van der Waals surface area contributed by atoms with Crippen LogP contribution in [0, 0.1) is 6.92 Å². The van der Waals surface area contributed by atoms with E-state index in [-0.39, 0.29) is 5.60 Å². The fourth-order valence-electron chi connectivity index (χ4n) is 1.85. The van der Waals surface area contributed by atoms with Crippen molar-refractivity contribution in [2.45, 2.75) is 44.1 Å². The molecular weight excluding hydrogens is 280 g/mol. The Morgan fingerprint density at radius 3 is 2.62 bits per heavy atom. The maximum absolute atomic E-state index is 5.93. The van der Waals surface area contributed by atoms with Crippen molar-refractivity contribution in [2.75, 3.05) is 5.73 Å². The van der Waals surface area contributed by atoms with Crippen LogP contribution in [-0.4, -0.2) is 10.6 Å². The molecule has 0 spiro atoms. The summed E-state index contributed by atoms with van der Waals surface area (Å²) < 4.78 is 5.79. The minimum absolute atomic E-state index is 0.305. The number of pyridine rings is 1. The minimum atomic E-state index is -0.305. The van der Waals surface area contributed by atoms with Crippen LogP contribution in [0.4, 0.5) is 5.69 Å². The van der Waals surface area contributed by atoms with Gasteiger partial charge in [-0.15, -0.1) is 11.8 Å². The number of thioether (sulfide) groups is 1. The zero-order valence-corrected chi connectivity index (χ0v) is 13.8. The second kappa shape index (κ2) is 6.39. The normalized spacial score (nSPS) is 11.4. The SMILES string of the molecule is Cc1cccc(CSc2ccc(N)c(OC(C)(C)C)n2)c1. The smallest absolute Gasteiger partial charge is 0.238 e. The Hall–Kier alpha value is -1.68. The van der Waals surface area contributed by atoms with E-state index < -0.39 is 0 Å². The minimum Gasteiger partial charge on any atom is -0.470 e. The molecule has 112 valence electrons. The molecule has 0 saturated heterocycles. The number of aromatic nitrogens is 1. The summed E-state index contributed by atoms with van der Waals surface area (Å²) in [7, 11) is 0. The van der Waals surface area contributed by atoms with Crippen molar-refractivity contribution < 1.29 is 4.74 Å². The number of rotatable bonds is 4. The van der Waals surface area contributed by atoms with Gasteiger partial charge in [-0.3, -0.25) is 0 Å². The third-order valence-electron chi connectivity index (χ3n) is 2.74. The molecule has 0 fully saturated rings. The molecule has 0 aliphatic carbocycles. The van der Waals surface area contributed by atoms with Crippen LogP contribution in [0.3, 0.4) is 0 Å². The predicted octanol–water partition coefficient (Wildman–Crippen LogP) is 4.44. The molecule has 4 heteroatoms. The highest BCUT2D eigenvalue weighted by molar-refractivity contribution is 7.98. The summed E-state index contributed by atoms with van der Waals surface area (Å²) >= 11 is 1.68. The molecule has 1 aromatic carbocycles. The lowest BCUT2D eigenvalue weighted by atomic mass is 10.2. The number of nitrogen functional groups attached to an aromatic ring is 1. The Morgan fingerprint density at radius 2 is 1.95 bits per heavy atom. The second-order valence-electron chi connectivity index (χ2n) is 6.04. The van der Waals surface area contributed by atoms with Crippen molar-refractivity contribution in [1.82, 2.24) is 4.98 Å². The van der Waals surface area contributed by atoms with Crippen molar-refractivity contribution >= 4 is 17.4 Å². The molecule has 1 heterocycles. The van der Waals surface area contributed by atoms with Gasteiger partial charge in [-0.25, -0.2) is 4.98 Å². The first-order valence-electron chi connectivity index (χ1n) is 6.97. The Kier molecular flexibility index (Phi) is 4.78. The summed E-state index contributed by atoms with van der Waals surface area (Å²) in [4.78, 5) is 4.51. The lowest BCUT2D eigenvalue weighted by Crippen LogP contribution is -2.24. The summed E-state index contributed by atoms with van der Waals surface area (Å²) in [5.41, 5.74) is 8.76. The van der Waals surface area contributed by atoms with E-state index in [2.05, 4.69) is 36.2 Å². The van der Waals surface area contributed by atoms with Crippen LogP contribution in [0.1, 0.15) is 31.9 Å². The van der Waals surface area contributed by atoms with E-state index in [9.17, 15) is 0 Å². The van der Waals surface area contributed by atoms with Gasteiger partial charge in [0.25, 0.3) is 0 Å². The molecule has 2 N–H and O–H groups in total. The first-order valence-corrected chi connectivity index (χ1v) is 7.96. The Morgan fingerprint density at radius 1 is 1.19 bits per heavy atom. The van der Waals surface area contributed by atoms with E-state index in [4.69, 9.17) is 10.5 Å². The summed E-state index contributed by atoms with van der Waals surface area (Å²) in [6.45, 7) is 8.06. The number of nitrogens with zero attached hydrogens (tertiary/aromatic N) is 1. The van der Waals surface area contributed by atoms with Gasteiger partial charge in [-0.05, 0) is 45.4 Å². The molecule has 0 aliphatic heterocycles. The highest BCUT2D eigenvalue weighted by Crippen LogP contribution is 2.28. The number of anilines is 1. The van der Waals surface area contributed by atoms with Crippen LogP contribution in [0.25, 0.3) is 0 Å². The average molecular weight is 302 g/mol. The van der Waals surface area contributed by atoms with Gasteiger partial charge in [0.1, 0.15) is 10.6 Å². The second-order valence-corrected chi connectivity index (χ2v) is 7.03. The fourth-order valence-corrected chi connectivity index (χ4v) is 2.65. The maximum atomic E-state index is 5.93. The van der Waals surface area contributed by atoms with Crippen molar-refractivity contribution in [3.8, 4) is 5.88 Å². The topological polar surface area (TPSA) is 48.1 Å². The first-order chi connectivity index (χ1) is 9.83. The highest BCUT2D eigenvalue weighted by Gasteiger charge is 2.15. The van der Waals surface area contributed by atoms with Gasteiger partial charge in [0.05, 0.1) is 5.69 Å². The molecule has 2 aromatic rings. The lowest BCUT2D eigenvalue weighted by molar-refractivity contribution is 0.124. The lowest BCUT2D eigenvalue weighted by Gasteiger charge is -2.21. The summed E-state index contributed by atoms with van der Waals surface area (Å²) in [5.74, 6) is 1.39. The van der Waals surface area contributed by atoms with Crippen LogP contribution in [0.15, 0.2) is 41.4 Å². The fraction of sp³-hybridized carbons (Fsp3) is 0.353. The molecule has 0 aliphatic rings. The Balaban J connectivity index is 2.09. The van der Waals surface area contributed by atoms with E-state index in [1.807, 2.05) is 32.9 Å². The van der Waals surface area contributed by atoms with Crippen LogP contribution in [-0.2, 0) is 5.75 Å². The molecule has 0 unspecified atom stereocenters. The monoisotopic (exact) mass is 302 g/mol. The third kappa shape index (κ3) is 4.97. The zero-order chi connectivity index (χ0) is 15.5. The van der Waals surface area contributed by atoms with E-state index in [1.165, 1.54) is 11.1 Å². The Labute approximate surface area is 130 Å². The molecule has 0 atom stereocenters. The van der Waals surface area contributed by atoms with E-state index in [0.29, 0.717) is 11.6 Å². The predicted molar refractivity (Wildman–Crippen MR) is 89.8 cm³/mol. The summed E-state index contributed by atoms with van der Waals surface area (Å²) in [6.07, 6.45) is 0. The van der Waals surface area contributed by atoms with Gasteiger partial charge in [0, 0.05) is 5.75 Å². The Bertz CT molecular complexity index is 620. The largest absolute Gasteiger partial charge is 0.470 e. The third-order valence-corrected chi connectivity index (χ3v) is 3.74. The molecule has 21 heavy (non-hydrogen) atoms.